The van der Waals surface area contributed by atoms with Crippen LogP contribution in [0.2, 0.25) is 5.02 Å². The van der Waals surface area contributed by atoms with Gasteiger partial charge in [-0.2, -0.15) is 8.78 Å². The van der Waals surface area contributed by atoms with E-state index in [9.17, 15) is 8.78 Å². The van der Waals surface area contributed by atoms with Gasteiger partial charge in [0.1, 0.15) is 5.75 Å². The monoisotopic (exact) mass is 275 g/mol. The summed E-state index contributed by atoms with van der Waals surface area (Å²) < 4.78 is 29.0. The van der Waals surface area contributed by atoms with Crippen LogP contribution in [0.25, 0.3) is 6.08 Å². The number of hydrogen-bond donors (Lipinski definition) is 1. The van der Waals surface area contributed by atoms with Crippen molar-refractivity contribution in [3.05, 3.63) is 34.4 Å². The fourth-order valence-electron chi connectivity index (χ4n) is 1.47. The number of rotatable bonds is 6. The first-order valence-electron chi connectivity index (χ1n) is 5.65. The molecule has 0 aliphatic rings. The third-order valence-corrected chi connectivity index (χ3v) is 2.48. The van der Waals surface area contributed by atoms with Crippen molar-refractivity contribution in [3.8, 4) is 5.75 Å². The lowest BCUT2D eigenvalue weighted by atomic mass is 10.1. The van der Waals surface area contributed by atoms with E-state index in [0.717, 1.165) is 12.1 Å². The first-order valence-corrected chi connectivity index (χ1v) is 6.03. The van der Waals surface area contributed by atoms with Crippen molar-refractivity contribution in [2.75, 3.05) is 13.1 Å². The number of alkyl halides is 2. The Balaban J connectivity index is 2.94. The van der Waals surface area contributed by atoms with E-state index in [1.54, 1.807) is 12.1 Å². The fourth-order valence-corrected chi connectivity index (χ4v) is 1.65. The Morgan fingerprint density at radius 1 is 1.50 bits per heavy atom. The second-order valence-electron chi connectivity index (χ2n) is 3.83. The summed E-state index contributed by atoms with van der Waals surface area (Å²) in [5.74, 6) is 0.130. The fraction of sp³-hybridized carbons (Fsp3) is 0.385. The number of likely N-dealkylation sites (N-methyl/N-ethyl adjacent to an activating group) is 1. The third kappa shape index (κ3) is 5.02. The molecule has 0 aliphatic heterocycles. The lowest BCUT2D eigenvalue weighted by Gasteiger charge is -2.09. The van der Waals surface area contributed by atoms with Gasteiger partial charge < -0.3 is 10.1 Å². The number of nitrogens with one attached hydrogen (secondary N) is 1. The van der Waals surface area contributed by atoms with Crippen LogP contribution < -0.4 is 10.1 Å². The van der Waals surface area contributed by atoms with Crippen molar-refractivity contribution in [2.45, 2.75) is 20.5 Å². The molecule has 0 amide bonds. The summed E-state index contributed by atoms with van der Waals surface area (Å²) in [5.41, 5.74) is 1.57. The van der Waals surface area contributed by atoms with Gasteiger partial charge in [-0.05, 0) is 31.7 Å². The standard InChI is InChI=1S/C13H16ClF2NO/c1-3-17-8-9(2)6-10-7-11(14)4-5-12(10)18-13(15)16/h4-7,13,17H,3,8H2,1-2H3. The Morgan fingerprint density at radius 2 is 2.22 bits per heavy atom. The molecular formula is C13H16ClF2NO. The highest BCUT2D eigenvalue weighted by atomic mass is 35.5. The van der Waals surface area contributed by atoms with Crippen LogP contribution in [-0.2, 0) is 0 Å². The SMILES string of the molecule is CCNCC(C)=Cc1cc(Cl)ccc1OC(F)F. The zero-order chi connectivity index (χ0) is 13.5. The van der Waals surface area contributed by atoms with Crippen LogP contribution in [0.15, 0.2) is 23.8 Å². The largest absolute Gasteiger partial charge is 0.434 e. The molecule has 0 bridgehead atoms. The van der Waals surface area contributed by atoms with Crippen LogP contribution in [-0.4, -0.2) is 19.7 Å². The summed E-state index contributed by atoms with van der Waals surface area (Å²) in [6.07, 6.45) is 1.78. The van der Waals surface area contributed by atoms with E-state index in [1.807, 2.05) is 13.8 Å². The Bertz CT molecular complexity index is 421. The lowest BCUT2D eigenvalue weighted by Crippen LogP contribution is -2.14. The first-order chi connectivity index (χ1) is 8.52. The maximum atomic E-state index is 12.3. The third-order valence-electron chi connectivity index (χ3n) is 2.24. The Labute approximate surface area is 111 Å². The van der Waals surface area contributed by atoms with Crippen molar-refractivity contribution in [3.63, 3.8) is 0 Å². The van der Waals surface area contributed by atoms with Crippen molar-refractivity contribution in [2.24, 2.45) is 0 Å². The highest BCUT2D eigenvalue weighted by Crippen LogP contribution is 2.26. The quantitative estimate of drug-likeness (QED) is 0.849. The van der Waals surface area contributed by atoms with Gasteiger partial charge in [0.15, 0.2) is 0 Å². The van der Waals surface area contributed by atoms with Crippen molar-refractivity contribution in [1.82, 2.24) is 5.32 Å². The van der Waals surface area contributed by atoms with Gasteiger partial charge in [0.05, 0.1) is 0 Å². The Kier molecular flexibility index (Phi) is 6.09. The molecule has 0 radical (unpaired) electrons. The van der Waals surface area contributed by atoms with Gasteiger partial charge in [0.25, 0.3) is 0 Å². The number of halogens is 3. The van der Waals surface area contributed by atoms with Crippen molar-refractivity contribution < 1.29 is 13.5 Å². The predicted molar refractivity (Wildman–Crippen MR) is 70.3 cm³/mol. The zero-order valence-electron chi connectivity index (χ0n) is 10.3. The number of ether oxygens (including phenoxy) is 1. The smallest absolute Gasteiger partial charge is 0.387 e. The molecule has 100 valence electrons. The average Bonchev–Trinajstić information content (AvgIpc) is 2.29. The summed E-state index contributed by atoms with van der Waals surface area (Å²) in [6.45, 7) is 2.61. The summed E-state index contributed by atoms with van der Waals surface area (Å²) in [6, 6.07) is 4.58. The van der Waals surface area contributed by atoms with E-state index in [4.69, 9.17) is 11.6 Å². The van der Waals surface area contributed by atoms with E-state index < -0.39 is 6.61 Å². The molecule has 0 atom stereocenters. The molecule has 0 heterocycles. The molecule has 1 N–H and O–H groups in total. The topological polar surface area (TPSA) is 21.3 Å². The minimum absolute atomic E-state index is 0.130. The van der Waals surface area contributed by atoms with Crippen LogP contribution in [0.3, 0.4) is 0 Å². The van der Waals surface area contributed by atoms with Gasteiger partial charge in [-0.25, -0.2) is 0 Å². The molecule has 0 unspecified atom stereocenters. The molecule has 0 spiro atoms. The van der Waals surface area contributed by atoms with E-state index in [1.165, 1.54) is 12.1 Å². The number of hydrogen-bond acceptors (Lipinski definition) is 2. The van der Waals surface area contributed by atoms with Gasteiger partial charge in [-0.1, -0.05) is 30.2 Å². The molecular weight excluding hydrogens is 260 g/mol. The summed E-state index contributed by atoms with van der Waals surface area (Å²) in [5, 5.41) is 3.64. The normalized spacial score (nSPS) is 12.0. The molecule has 18 heavy (non-hydrogen) atoms. The molecule has 2 nitrogen and oxygen atoms in total. The maximum Gasteiger partial charge on any atom is 0.387 e. The molecule has 0 saturated carbocycles. The summed E-state index contributed by atoms with van der Waals surface area (Å²) >= 11 is 5.85. The van der Waals surface area contributed by atoms with Crippen molar-refractivity contribution in [1.29, 1.82) is 0 Å². The van der Waals surface area contributed by atoms with Gasteiger partial charge in [0, 0.05) is 17.1 Å². The molecule has 0 aromatic heterocycles. The van der Waals surface area contributed by atoms with E-state index in [0.29, 0.717) is 17.1 Å². The van der Waals surface area contributed by atoms with Gasteiger partial charge >= 0.3 is 6.61 Å². The minimum Gasteiger partial charge on any atom is -0.434 e. The van der Waals surface area contributed by atoms with Gasteiger partial charge in [-0.15, -0.1) is 0 Å². The Hall–Kier alpha value is -1.13. The average molecular weight is 276 g/mol. The highest BCUT2D eigenvalue weighted by molar-refractivity contribution is 6.30. The van der Waals surface area contributed by atoms with Crippen LogP contribution in [0.1, 0.15) is 19.4 Å². The molecule has 1 aromatic rings. The summed E-state index contributed by atoms with van der Waals surface area (Å²) in [4.78, 5) is 0. The maximum absolute atomic E-state index is 12.3. The molecule has 1 aromatic carbocycles. The zero-order valence-corrected chi connectivity index (χ0v) is 11.1. The van der Waals surface area contributed by atoms with Crippen LogP contribution in [0.5, 0.6) is 5.75 Å². The van der Waals surface area contributed by atoms with Crippen LogP contribution >= 0.6 is 11.6 Å². The second kappa shape index (κ2) is 7.34. The van der Waals surface area contributed by atoms with Crippen molar-refractivity contribution >= 4 is 17.7 Å². The predicted octanol–water partition coefficient (Wildman–Crippen LogP) is 3.95. The molecule has 0 aliphatic carbocycles. The van der Waals surface area contributed by atoms with Crippen LogP contribution in [0.4, 0.5) is 8.78 Å². The lowest BCUT2D eigenvalue weighted by molar-refractivity contribution is -0.0499. The summed E-state index contributed by atoms with van der Waals surface area (Å²) in [7, 11) is 0. The second-order valence-corrected chi connectivity index (χ2v) is 4.27. The molecule has 0 saturated heterocycles. The molecule has 1 rings (SSSR count). The molecule has 5 heteroatoms. The number of benzene rings is 1. The van der Waals surface area contributed by atoms with Crippen LogP contribution in [0, 0.1) is 0 Å². The van der Waals surface area contributed by atoms with Gasteiger partial charge in [-0.3, -0.25) is 0 Å². The van der Waals surface area contributed by atoms with E-state index in [-0.39, 0.29) is 5.75 Å². The Morgan fingerprint density at radius 3 is 2.83 bits per heavy atom. The van der Waals surface area contributed by atoms with E-state index >= 15 is 0 Å². The van der Waals surface area contributed by atoms with Gasteiger partial charge in [0.2, 0.25) is 0 Å². The highest BCUT2D eigenvalue weighted by Gasteiger charge is 2.09. The minimum atomic E-state index is -2.84. The van der Waals surface area contributed by atoms with E-state index in [2.05, 4.69) is 10.1 Å². The first kappa shape index (κ1) is 14.9. The molecule has 0 fully saturated rings.